The van der Waals surface area contributed by atoms with Crippen molar-refractivity contribution in [2.75, 3.05) is 0 Å². The van der Waals surface area contributed by atoms with Crippen LogP contribution in [0.1, 0.15) is 11.4 Å². The highest BCUT2D eigenvalue weighted by Crippen LogP contribution is 2.34. The molecule has 7 heteroatoms. The third kappa shape index (κ3) is 2.43. The first-order valence-corrected chi connectivity index (χ1v) is 7.77. The summed E-state index contributed by atoms with van der Waals surface area (Å²) in [7, 11) is 0. The standard InChI is InChI=1S/C14H9BrCl2FN3/c1-7-2-3-19-14-12(7)20-11(6-16)21(14)13-9(15)4-8(18)5-10(13)17/h2-5H,6H2,1H3. The second-order valence-electron chi connectivity index (χ2n) is 4.52. The van der Waals surface area contributed by atoms with E-state index in [2.05, 4.69) is 25.9 Å². The van der Waals surface area contributed by atoms with Crippen LogP contribution in [0.3, 0.4) is 0 Å². The van der Waals surface area contributed by atoms with Gasteiger partial charge < -0.3 is 0 Å². The second kappa shape index (κ2) is 5.55. The van der Waals surface area contributed by atoms with Gasteiger partial charge in [-0.3, -0.25) is 4.57 Å². The van der Waals surface area contributed by atoms with Gasteiger partial charge in [0.2, 0.25) is 0 Å². The maximum absolute atomic E-state index is 13.4. The van der Waals surface area contributed by atoms with Crippen LogP contribution in [-0.2, 0) is 5.88 Å². The average Bonchev–Trinajstić information content (AvgIpc) is 2.78. The molecule has 0 radical (unpaired) electrons. The Labute approximate surface area is 138 Å². The molecule has 2 heterocycles. The summed E-state index contributed by atoms with van der Waals surface area (Å²) >= 11 is 15.5. The summed E-state index contributed by atoms with van der Waals surface area (Å²) in [6, 6.07) is 4.47. The lowest BCUT2D eigenvalue weighted by Crippen LogP contribution is -2.03. The van der Waals surface area contributed by atoms with Gasteiger partial charge in [0.05, 0.1) is 16.6 Å². The molecule has 0 aliphatic heterocycles. The maximum atomic E-state index is 13.4. The van der Waals surface area contributed by atoms with Crippen LogP contribution in [0.2, 0.25) is 5.02 Å². The molecule has 0 saturated carbocycles. The number of aromatic nitrogens is 3. The van der Waals surface area contributed by atoms with Crippen molar-refractivity contribution in [3.8, 4) is 5.69 Å². The normalized spacial score (nSPS) is 11.3. The molecule has 3 rings (SSSR count). The third-order valence-electron chi connectivity index (χ3n) is 3.14. The summed E-state index contributed by atoms with van der Waals surface area (Å²) in [5, 5.41) is 0.260. The highest BCUT2D eigenvalue weighted by Gasteiger charge is 2.19. The average molecular weight is 389 g/mol. The van der Waals surface area contributed by atoms with Crippen LogP contribution in [0.5, 0.6) is 0 Å². The van der Waals surface area contributed by atoms with Gasteiger partial charge in [0.1, 0.15) is 17.2 Å². The van der Waals surface area contributed by atoms with Gasteiger partial charge in [-0.15, -0.1) is 11.6 Å². The minimum absolute atomic E-state index is 0.190. The third-order valence-corrected chi connectivity index (χ3v) is 4.27. The zero-order chi connectivity index (χ0) is 15.1. The number of hydrogen-bond acceptors (Lipinski definition) is 2. The number of pyridine rings is 1. The summed E-state index contributed by atoms with van der Waals surface area (Å²) in [4.78, 5) is 8.87. The summed E-state index contributed by atoms with van der Waals surface area (Å²) < 4.78 is 15.7. The smallest absolute Gasteiger partial charge is 0.165 e. The Bertz CT molecular complexity index is 825. The Hall–Kier alpha value is -1.17. The lowest BCUT2D eigenvalue weighted by Gasteiger charge is -2.11. The molecule has 0 aliphatic rings. The molecular formula is C14H9BrCl2FN3. The van der Waals surface area contributed by atoms with Crippen LogP contribution >= 0.6 is 39.1 Å². The van der Waals surface area contributed by atoms with Crippen LogP contribution in [-0.4, -0.2) is 14.5 Å². The number of aryl methyl sites for hydroxylation is 1. The first kappa shape index (κ1) is 14.8. The molecule has 0 spiro atoms. The van der Waals surface area contributed by atoms with Gasteiger partial charge in [-0.05, 0) is 46.6 Å². The van der Waals surface area contributed by atoms with E-state index >= 15 is 0 Å². The van der Waals surface area contributed by atoms with Crippen LogP contribution in [0.4, 0.5) is 4.39 Å². The highest BCUT2D eigenvalue weighted by atomic mass is 79.9. The quantitative estimate of drug-likeness (QED) is 0.577. The lowest BCUT2D eigenvalue weighted by atomic mass is 10.2. The first-order valence-electron chi connectivity index (χ1n) is 6.06. The molecule has 108 valence electrons. The Balaban J connectivity index is 2.42. The molecule has 0 amide bonds. The minimum Gasteiger partial charge on any atom is -0.277 e. The highest BCUT2D eigenvalue weighted by molar-refractivity contribution is 9.10. The van der Waals surface area contributed by atoms with E-state index in [1.807, 2.05) is 13.0 Å². The van der Waals surface area contributed by atoms with Gasteiger partial charge in [-0.25, -0.2) is 14.4 Å². The SMILES string of the molecule is Cc1ccnc2c1nc(CCl)n2-c1c(Cl)cc(F)cc1Br. The Morgan fingerprint density at radius 1 is 1.38 bits per heavy atom. The number of alkyl halides is 1. The topological polar surface area (TPSA) is 30.7 Å². The van der Waals surface area contributed by atoms with E-state index in [9.17, 15) is 4.39 Å². The number of imidazole rings is 1. The monoisotopic (exact) mass is 387 g/mol. The summed E-state index contributed by atoms with van der Waals surface area (Å²) in [6.45, 7) is 1.95. The Morgan fingerprint density at radius 3 is 2.81 bits per heavy atom. The van der Waals surface area contributed by atoms with Crippen molar-refractivity contribution < 1.29 is 4.39 Å². The van der Waals surface area contributed by atoms with E-state index in [4.69, 9.17) is 23.2 Å². The predicted molar refractivity (Wildman–Crippen MR) is 85.8 cm³/mol. The fraction of sp³-hybridized carbons (Fsp3) is 0.143. The van der Waals surface area contributed by atoms with Crippen LogP contribution in [0.15, 0.2) is 28.9 Å². The molecular weight excluding hydrogens is 380 g/mol. The largest absolute Gasteiger partial charge is 0.277 e. The molecule has 3 nitrogen and oxygen atoms in total. The molecule has 0 bridgehead atoms. The summed E-state index contributed by atoms with van der Waals surface area (Å²) in [6.07, 6.45) is 1.69. The van der Waals surface area contributed by atoms with Crippen LogP contribution in [0, 0.1) is 12.7 Å². The molecule has 0 unspecified atom stereocenters. The molecule has 0 saturated heterocycles. The van der Waals surface area contributed by atoms with E-state index in [1.165, 1.54) is 12.1 Å². The fourth-order valence-corrected chi connectivity index (χ4v) is 3.41. The van der Waals surface area contributed by atoms with Gasteiger partial charge in [0.25, 0.3) is 0 Å². The van der Waals surface area contributed by atoms with Gasteiger partial charge in [-0.2, -0.15) is 0 Å². The van der Waals surface area contributed by atoms with Crippen molar-refractivity contribution >= 4 is 50.3 Å². The van der Waals surface area contributed by atoms with E-state index in [-0.39, 0.29) is 10.9 Å². The first-order chi connectivity index (χ1) is 10.0. The van der Waals surface area contributed by atoms with Crippen molar-refractivity contribution in [3.05, 3.63) is 51.1 Å². The van der Waals surface area contributed by atoms with Gasteiger partial charge >= 0.3 is 0 Å². The number of hydrogen-bond donors (Lipinski definition) is 0. The number of nitrogens with zero attached hydrogens (tertiary/aromatic N) is 3. The van der Waals surface area contributed by atoms with Crippen LogP contribution in [0.25, 0.3) is 16.9 Å². The minimum atomic E-state index is -0.420. The zero-order valence-corrected chi connectivity index (χ0v) is 14.0. The molecule has 0 N–H and O–H groups in total. The van der Waals surface area contributed by atoms with Crippen molar-refractivity contribution in [2.45, 2.75) is 12.8 Å². The van der Waals surface area contributed by atoms with Crippen LogP contribution < -0.4 is 0 Å². The zero-order valence-electron chi connectivity index (χ0n) is 10.9. The Morgan fingerprint density at radius 2 is 2.14 bits per heavy atom. The van der Waals surface area contributed by atoms with Crippen molar-refractivity contribution in [1.82, 2.24) is 14.5 Å². The van der Waals surface area contributed by atoms with Crippen molar-refractivity contribution in [1.29, 1.82) is 0 Å². The fourth-order valence-electron chi connectivity index (χ4n) is 2.21. The van der Waals surface area contributed by atoms with Gasteiger partial charge in [0, 0.05) is 10.7 Å². The summed E-state index contributed by atoms with van der Waals surface area (Å²) in [5.41, 5.74) is 2.95. The number of fused-ring (bicyclic) bond motifs is 1. The number of halogens is 4. The molecule has 0 fully saturated rings. The number of rotatable bonds is 2. The van der Waals surface area contributed by atoms with E-state index < -0.39 is 5.82 Å². The van der Waals surface area contributed by atoms with E-state index in [0.29, 0.717) is 21.6 Å². The molecule has 1 aromatic carbocycles. The van der Waals surface area contributed by atoms with Crippen molar-refractivity contribution in [3.63, 3.8) is 0 Å². The van der Waals surface area contributed by atoms with Gasteiger partial charge in [-0.1, -0.05) is 11.6 Å². The molecule has 0 atom stereocenters. The van der Waals surface area contributed by atoms with E-state index in [1.54, 1.807) is 10.8 Å². The lowest BCUT2D eigenvalue weighted by molar-refractivity contribution is 0.626. The van der Waals surface area contributed by atoms with E-state index in [0.717, 1.165) is 11.1 Å². The molecule has 2 aromatic heterocycles. The molecule has 3 aromatic rings. The van der Waals surface area contributed by atoms with Gasteiger partial charge in [0.15, 0.2) is 5.65 Å². The van der Waals surface area contributed by atoms with Crippen molar-refractivity contribution in [2.24, 2.45) is 0 Å². The second-order valence-corrected chi connectivity index (χ2v) is 6.04. The molecule has 21 heavy (non-hydrogen) atoms. The molecule has 0 aliphatic carbocycles. The summed E-state index contributed by atoms with van der Waals surface area (Å²) in [5.74, 6) is 0.370. The number of benzene rings is 1. The Kier molecular flexibility index (Phi) is 3.90. The predicted octanol–water partition coefficient (Wildman–Crippen LogP) is 5.02. The maximum Gasteiger partial charge on any atom is 0.165 e.